The normalized spacial score (nSPS) is 15.3. The maximum Gasteiger partial charge on any atom is 0.258 e. The van der Waals surface area contributed by atoms with Gasteiger partial charge in [0, 0.05) is 42.8 Å². The summed E-state index contributed by atoms with van der Waals surface area (Å²) >= 11 is 0. The van der Waals surface area contributed by atoms with E-state index in [0.29, 0.717) is 16.6 Å². The van der Waals surface area contributed by atoms with Crippen LogP contribution < -0.4 is 21.6 Å². The molecule has 7 nitrogen and oxygen atoms in total. The summed E-state index contributed by atoms with van der Waals surface area (Å²) in [6.07, 6.45) is 1.44. The molecule has 29 heavy (non-hydrogen) atoms. The van der Waals surface area contributed by atoms with Gasteiger partial charge in [0.1, 0.15) is 11.5 Å². The van der Waals surface area contributed by atoms with Gasteiger partial charge in [-0.25, -0.2) is 4.39 Å². The van der Waals surface area contributed by atoms with Crippen molar-refractivity contribution < 1.29 is 4.39 Å². The second-order valence-corrected chi connectivity index (χ2v) is 6.77. The lowest BCUT2D eigenvalue weighted by Crippen LogP contribution is -2.43. The molecule has 0 amide bonds. The summed E-state index contributed by atoms with van der Waals surface area (Å²) in [5.74, 6) is 5.10. The summed E-state index contributed by atoms with van der Waals surface area (Å²) in [6, 6.07) is 13.6. The second kappa shape index (κ2) is 8.24. The van der Waals surface area contributed by atoms with Crippen molar-refractivity contribution in [3.8, 4) is 0 Å². The van der Waals surface area contributed by atoms with Gasteiger partial charge in [-0.05, 0) is 48.5 Å². The fraction of sp³-hybridized carbons (Fsp3) is 0.190. The van der Waals surface area contributed by atoms with E-state index in [0.717, 1.165) is 31.9 Å². The molecule has 0 atom stereocenters. The third-order valence-electron chi connectivity index (χ3n) is 4.89. The minimum atomic E-state index is -0.389. The molecule has 4 rings (SSSR count). The van der Waals surface area contributed by atoms with E-state index >= 15 is 0 Å². The molecule has 148 valence electrons. The van der Waals surface area contributed by atoms with Crippen molar-refractivity contribution in [2.45, 2.75) is 0 Å². The van der Waals surface area contributed by atoms with Crippen molar-refractivity contribution in [2.75, 3.05) is 31.1 Å². The highest BCUT2D eigenvalue weighted by molar-refractivity contribution is 6.38. The van der Waals surface area contributed by atoms with E-state index in [-0.39, 0.29) is 22.7 Å². The van der Waals surface area contributed by atoms with Crippen molar-refractivity contribution in [1.82, 2.24) is 10.3 Å². The van der Waals surface area contributed by atoms with Gasteiger partial charge in [0.25, 0.3) is 5.56 Å². The van der Waals surface area contributed by atoms with E-state index in [1.165, 1.54) is 24.4 Å². The van der Waals surface area contributed by atoms with Crippen molar-refractivity contribution in [3.63, 3.8) is 0 Å². The van der Waals surface area contributed by atoms with Gasteiger partial charge < -0.3 is 21.0 Å². The monoisotopic (exact) mass is 392 g/mol. The van der Waals surface area contributed by atoms with E-state index in [9.17, 15) is 9.18 Å². The molecule has 1 aliphatic heterocycles. The van der Waals surface area contributed by atoms with Crippen LogP contribution >= 0.6 is 0 Å². The average molecular weight is 392 g/mol. The first-order valence-electron chi connectivity index (χ1n) is 9.35. The molecule has 0 spiro atoms. The molecule has 8 heteroatoms. The first kappa shape index (κ1) is 18.8. The molecule has 1 saturated heterocycles. The molecule has 0 bridgehead atoms. The van der Waals surface area contributed by atoms with Crippen molar-refractivity contribution in [3.05, 3.63) is 70.3 Å². The van der Waals surface area contributed by atoms with Crippen LogP contribution in [0.15, 0.2) is 63.4 Å². The molecule has 4 N–H and O–H groups in total. The minimum absolute atomic E-state index is 0.212. The molecular formula is C21H21FN6O. The lowest BCUT2D eigenvalue weighted by molar-refractivity contribution is 0.589. The molecule has 1 fully saturated rings. The molecule has 1 aliphatic rings. The number of nitrogens with zero attached hydrogens (tertiary/aromatic N) is 3. The van der Waals surface area contributed by atoms with E-state index in [4.69, 9.17) is 5.84 Å². The number of pyridine rings is 1. The van der Waals surface area contributed by atoms with E-state index in [1.807, 2.05) is 24.3 Å². The SMILES string of the molecule is NN=C(C=Nc1ccc(N2CCNCC2)cc1)c1cc2cc(F)ccc2[nH]c1=O. The third-order valence-corrected chi connectivity index (χ3v) is 4.89. The largest absolute Gasteiger partial charge is 0.369 e. The molecule has 0 unspecified atom stereocenters. The summed E-state index contributed by atoms with van der Waals surface area (Å²) in [5.41, 5.74) is 2.47. The average Bonchev–Trinajstić information content (AvgIpc) is 2.76. The Balaban J connectivity index is 1.57. The summed E-state index contributed by atoms with van der Waals surface area (Å²) in [5, 5.41) is 7.57. The minimum Gasteiger partial charge on any atom is -0.369 e. The quantitative estimate of drug-likeness (QED) is 0.360. The highest BCUT2D eigenvalue weighted by Crippen LogP contribution is 2.20. The summed E-state index contributed by atoms with van der Waals surface area (Å²) in [7, 11) is 0. The van der Waals surface area contributed by atoms with Gasteiger partial charge in [0.05, 0.1) is 17.5 Å². The number of benzene rings is 2. The number of halogens is 1. The summed E-state index contributed by atoms with van der Waals surface area (Å²) < 4.78 is 13.5. The smallest absolute Gasteiger partial charge is 0.258 e. The number of hydrazone groups is 1. The maximum absolute atomic E-state index is 13.5. The van der Waals surface area contributed by atoms with Gasteiger partial charge in [-0.15, -0.1) is 0 Å². The van der Waals surface area contributed by atoms with Crippen LogP contribution in [0.4, 0.5) is 15.8 Å². The molecule has 3 aromatic rings. The lowest BCUT2D eigenvalue weighted by atomic mass is 10.1. The van der Waals surface area contributed by atoms with Crippen molar-refractivity contribution >= 4 is 34.2 Å². The summed E-state index contributed by atoms with van der Waals surface area (Å²) in [6.45, 7) is 3.89. The van der Waals surface area contributed by atoms with Crippen LogP contribution in [0.1, 0.15) is 5.56 Å². The van der Waals surface area contributed by atoms with Gasteiger partial charge in [-0.3, -0.25) is 9.79 Å². The van der Waals surface area contributed by atoms with Gasteiger partial charge in [-0.1, -0.05) is 0 Å². The molecule has 0 radical (unpaired) electrons. The predicted octanol–water partition coefficient (Wildman–Crippen LogP) is 2.14. The zero-order chi connectivity index (χ0) is 20.2. The van der Waals surface area contributed by atoms with Crippen LogP contribution in [0.25, 0.3) is 10.9 Å². The molecular weight excluding hydrogens is 371 g/mol. The first-order valence-corrected chi connectivity index (χ1v) is 9.35. The number of aliphatic imine (C=N–C) groups is 1. The second-order valence-electron chi connectivity index (χ2n) is 6.77. The molecule has 0 aliphatic carbocycles. The number of aromatic amines is 1. The first-order chi connectivity index (χ1) is 14.1. The number of hydrogen-bond donors (Lipinski definition) is 3. The van der Waals surface area contributed by atoms with Gasteiger partial charge in [0.15, 0.2) is 0 Å². The molecule has 2 aromatic carbocycles. The Morgan fingerprint density at radius 3 is 2.59 bits per heavy atom. The van der Waals surface area contributed by atoms with Crippen LogP contribution in [0, 0.1) is 5.82 Å². The summed E-state index contributed by atoms with van der Waals surface area (Å²) in [4.78, 5) is 21.8. The van der Waals surface area contributed by atoms with Crippen LogP contribution in [-0.2, 0) is 0 Å². The number of piperazine rings is 1. The number of nitrogens with one attached hydrogen (secondary N) is 2. The highest BCUT2D eigenvalue weighted by Gasteiger charge is 2.11. The lowest BCUT2D eigenvalue weighted by Gasteiger charge is -2.29. The number of nitrogens with two attached hydrogens (primary N) is 1. The maximum atomic E-state index is 13.5. The third kappa shape index (κ3) is 4.17. The topological polar surface area (TPSA) is 98.9 Å². The van der Waals surface area contributed by atoms with E-state index in [1.54, 1.807) is 6.07 Å². The van der Waals surface area contributed by atoms with Crippen molar-refractivity contribution in [2.24, 2.45) is 15.9 Å². The van der Waals surface area contributed by atoms with E-state index in [2.05, 4.69) is 25.3 Å². The molecule has 2 heterocycles. The van der Waals surface area contributed by atoms with E-state index < -0.39 is 0 Å². The Morgan fingerprint density at radius 2 is 1.86 bits per heavy atom. The van der Waals surface area contributed by atoms with Gasteiger partial charge in [0.2, 0.25) is 0 Å². The highest BCUT2D eigenvalue weighted by atomic mass is 19.1. The number of aromatic nitrogens is 1. The van der Waals surface area contributed by atoms with Gasteiger partial charge in [-0.2, -0.15) is 5.10 Å². The Kier molecular flexibility index (Phi) is 5.35. The zero-order valence-corrected chi connectivity index (χ0v) is 15.7. The van der Waals surface area contributed by atoms with Crippen LogP contribution in [0.2, 0.25) is 0 Å². The number of anilines is 1. The van der Waals surface area contributed by atoms with Gasteiger partial charge >= 0.3 is 0 Å². The fourth-order valence-corrected chi connectivity index (χ4v) is 3.35. The number of H-pyrrole nitrogens is 1. The molecule has 0 saturated carbocycles. The number of hydrogen-bond acceptors (Lipinski definition) is 6. The van der Waals surface area contributed by atoms with Crippen LogP contribution in [0.5, 0.6) is 0 Å². The Hall–Kier alpha value is -3.52. The Labute approximate surface area is 166 Å². The van der Waals surface area contributed by atoms with Crippen LogP contribution in [0.3, 0.4) is 0 Å². The standard InChI is InChI=1S/C21H21FN6O/c22-15-1-6-19-14(11-15)12-18(21(29)26-19)20(27-23)13-25-16-2-4-17(5-3-16)28-9-7-24-8-10-28/h1-6,11-13,24H,7-10,23H2,(H,26,29). The van der Waals surface area contributed by atoms with Crippen molar-refractivity contribution in [1.29, 1.82) is 0 Å². The fourth-order valence-electron chi connectivity index (χ4n) is 3.35. The number of fused-ring (bicyclic) bond motifs is 1. The van der Waals surface area contributed by atoms with Crippen LogP contribution in [-0.4, -0.2) is 43.1 Å². The Bertz CT molecular complexity index is 1130. The Morgan fingerprint density at radius 1 is 1.10 bits per heavy atom. The molecule has 1 aromatic heterocycles. The number of rotatable bonds is 4. The zero-order valence-electron chi connectivity index (χ0n) is 15.7. The predicted molar refractivity (Wildman–Crippen MR) is 115 cm³/mol.